The molecule has 28 heavy (non-hydrogen) atoms. The van der Waals surface area contributed by atoms with E-state index in [1.807, 2.05) is 6.08 Å². The van der Waals surface area contributed by atoms with Crippen LogP contribution >= 0.6 is 0 Å². The molecule has 1 aliphatic carbocycles. The summed E-state index contributed by atoms with van der Waals surface area (Å²) in [5.74, 6) is 1.06. The summed E-state index contributed by atoms with van der Waals surface area (Å²) in [5, 5.41) is 10.4. The summed E-state index contributed by atoms with van der Waals surface area (Å²) in [6.45, 7) is 1.55. The molecule has 0 amide bonds. The molecule has 0 radical (unpaired) electrons. The van der Waals surface area contributed by atoms with Gasteiger partial charge in [0.15, 0.2) is 6.29 Å². The van der Waals surface area contributed by atoms with Crippen molar-refractivity contribution in [2.75, 3.05) is 13.2 Å². The third-order valence-electron chi connectivity index (χ3n) is 6.18. The van der Waals surface area contributed by atoms with E-state index >= 15 is 0 Å². The molecule has 5 heteroatoms. The van der Waals surface area contributed by atoms with Gasteiger partial charge in [0.2, 0.25) is 0 Å². The van der Waals surface area contributed by atoms with Crippen molar-refractivity contribution in [3.63, 3.8) is 0 Å². The van der Waals surface area contributed by atoms with Crippen molar-refractivity contribution in [2.24, 2.45) is 5.92 Å². The van der Waals surface area contributed by atoms with Gasteiger partial charge in [-0.3, -0.25) is 4.79 Å². The van der Waals surface area contributed by atoms with Crippen LogP contribution in [0.1, 0.15) is 55.6 Å². The number of aliphatic hydroxyl groups excluding tert-OH is 1. The zero-order valence-corrected chi connectivity index (χ0v) is 16.3. The first-order valence-corrected chi connectivity index (χ1v) is 10.6. The lowest BCUT2D eigenvalue weighted by Gasteiger charge is -2.22. The molecule has 5 atom stereocenters. The molecule has 4 rings (SSSR count). The SMILES string of the molecule is O=CC=C[C@@H]1C(O)C[C@H]2Oc3c(CCCCOC4CCCCO4)cccc3[C@@H]12. The minimum Gasteiger partial charge on any atom is -0.489 e. The number of carbonyl (C=O) groups is 1. The maximum atomic E-state index is 10.7. The molecule has 1 aromatic carbocycles. The lowest BCUT2D eigenvalue weighted by molar-refractivity contribution is -0.162. The van der Waals surface area contributed by atoms with Crippen LogP contribution in [0.4, 0.5) is 0 Å². The zero-order chi connectivity index (χ0) is 19.3. The molecule has 3 aliphatic rings. The highest BCUT2D eigenvalue weighted by atomic mass is 16.7. The molecule has 0 spiro atoms. The van der Waals surface area contributed by atoms with Crippen molar-refractivity contribution in [3.8, 4) is 5.75 Å². The Morgan fingerprint density at radius 2 is 2.18 bits per heavy atom. The zero-order valence-electron chi connectivity index (χ0n) is 16.3. The van der Waals surface area contributed by atoms with E-state index in [2.05, 4.69) is 18.2 Å². The van der Waals surface area contributed by atoms with Crippen LogP contribution in [0, 0.1) is 5.92 Å². The predicted octanol–water partition coefficient (Wildman–Crippen LogP) is 3.53. The minimum atomic E-state index is -0.456. The molecule has 0 bridgehead atoms. The number of aldehydes is 1. The summed E-state index contributed by atoms with van der Waals surface area (Å²) in [6, 6.07) is 6.32. The van der Waals surface area contributed by atoms with Crippen LogP contribution in [0.3, 0.4) is 0 Å². The van der Waals surface area contributed by atoms with Crippen molar-refractivity contribution in [1.82, 2.24) is 0 Å². The first kappa shape index (κ1) is 19.6. The van der Waals surface area contributed by atoms with Gasteiger partial charge in [-0.15, -0.1) is 0 Å². The number of fused-ring (bicyclic) bond motifs is 3. The van der Waals surface area contributed by atoms with E-state index in [1.165, 1.54) is 23.6 Å². The van der Waals surface area contributed by atoms with E-state index < -0.39 is 6.10 Å². The van der Waals surface area contributed by atoms with Crippen molar-refractivity contribution in [2.45, 2.75) is 69.4 Å². The topological polar surface area (TPSA) is 65.0 Å². The molecule has 1 N–H and O–H groups in total. The number of carbonyl (C=O) groups excluding carboxylic acids is 1. The molecular weight excluding hydrogens is 356 g/mol. The number of benzene rings is 1. The second-order valence-corrected chi connectivity index (χ2v) is 8.04. The van der Waals surface area contributed by atoms with Gasteiger partial charge >= 0.3 is 0 Å². The van der Waals surface area contributed by atoms with Crippen LogP contribution in [-0.4, -0.2) is 43.1 Å². The van der Waals surface area contributed by atoms with Gasteiger partial charge in [-0.05, 0) is 50.2 Å². The fraction of sp³-hybridized carbons (Fsp3) is 0.609. The van der Waals surface area contributed by atoms with E-state index in [9.17, 15) is 9.90 Å². The number of aryl methyl sites for hydroxylation is 1. The average Bonchev–Trinajstić information content (AvgIpc) is 3.22. The van der Waals surface area contributed by atoms with Crippen LogP contribution in [0.25, 0.3) is 0 Å². The third-order valence-corrected chi connectivity index (χ3v) is 6.18. The van der Waals surface area contributed by atoms with Crippen molar-refractivity contribution < 1.29 is 24.1 Å². The summed E-state index contributed by atoms with van der Waals surface area (Å²) in [4.78, 5) is 10.7. The Morgan fingerprint density at radius 1 is 1.25 bits per heavy atom. The van der Waals surface area contributed by atoms with Crippen molar-refractivity contribution >= 4 is 6.29 Å². The fourth-order valence-electron chi connectivity index (χ4n) is 4.81. The molecule has 1 aromatic rings. The Bertz CT molecular complexity index is 694. The first-order chi connectivity index (χ1) is 13.8. The van der Waals surface area contributed by atoms with E-state index in [0.29, 0.717) is 6.42 Å². The summed E-state index contributed by atoms with van der Waals surface area (Å²) >= 11 is 0. The Kier molecular flexibility index (Phi) is 6.45. The smallest absolute Gasteiger partial charge is 0.157 e. The van der Waals surface area contributed by atoms with Gasteiger partial charge < -0.3 is 19.3 Å². The van der Waals surface area contributed by atoms with E-state index in [4.69, 9.17) is 14.2 Å². The fourth-order valence-corrected chi connectivity index (χ4v) is 4.81. The van der Waals surface area contributed by atoms with Gasteiger partial charge in [0.25, 0.3) is 0 Å². The minimum absolute atomic E-state index is 0.000708. The van der Waals surface area contributed by atoms with Crippen molar-refractivity contribution in [1.29, 1.82) is 0 Å². The van der Waals surface area contributed by atoms with Gasteiger partial charge in [0.1, 0.15) is 18.1 Å². The van der Waals surface area contributed by atoms with Crippen LogP contribution in [0.15, 0.2) is 30.4 Å². The molecule has 2 unspecified atom stereocenters. The number of ether oxygens (including phenoxy) is 3. The standard InChI is InChI=1S/C23H30O5/c24-12-6-10-17-19(25)15-20-22(17)18-9-5-8-16(23(18)28-20)7-1-3-13-26-21-11-2-4-14-27-21/h5-6,8-10,12,17,19-22,25H,1-4,7,11,13-15H2/t17-,19?,20-,21?,22-/m1/s1. The number of hydrogen-bond donors (Lipinski definition) is 1. The van der Waals surface area contributed by atoms with Crippen LogP contribution in [0.5, 0.6) is 5.75 Å². The van der Waals surface area contributed by atoms with E-state index in [0.717, 1.165) is 57.4 Å². The van der Waals surface area contributed by atoms with Crippen LogP contribution in [-0.2, 0) is 20.7 Å². The number of allylic oxidation sites excluding steroid dienone is 1. The lowest BCUT2D eigenvalue weighted by Crippen LogP contribution is -2.22. The van der Waals surface area contributed by atoms with Crippen LogP contribution < -0.4 is 4.74 Å². The van der Waals surface area contributed by atoms with Crippen molar-refractivity contribution in [3.05, 3.63) is 41.5 Å². The molecule has 5 nitrogen and oxygen atoms in total. The molecular formula is C23H30O5. The average molecular weight is 386 g/mol. The van der Waals surface area contributed by atoms with Crippen LogP contribution in [0.2, 0.25) is 0 Å². The Hall–Kier alpha value is -1.69. The molecule has 2 aliphatic heterocycles. The number of rotatable bonds is 8. The van der Waals surface area contributed by atoms with E-state index in [-0.39, 0.29) is 24.2 Å². The maximum absolute atomic E-state index is 10.7. The number of unbranched alkanes of at least 4 members (excludes halogenated alkanes) is 1. The molecule has 152 valence electrons. The summed E-state index contributed by atoms with van der Waals surface area (Å²) < 4.78 is 17.7. The number of para-hydroxylation sites is 1. The van der Waals surface area contributed by atoms with E-state index in [1.54, 1.807) is 0 Å². The largest absolute Gasteiger partial charge is 0.489 e. The van der Waals surface area contributed by atoms with Gasteiger partial charge in [0, 0.05) is 37.0 Å². The Labute approximate surface area is 166 Å². The van der Waals surface area contributed by atoms with Gasteiger partial charge in [-0.2, -0.15) is 0 Å². The molecule has 2 heterocycles. The van der Waals surface area contributed by atoms with Gasteiger partial charge in [-0.1, -0.05) is 24.3 Å². The van der Waals surface area contributed by atoms with Gasteiger partial charge in [-0.25, -0.2) is 0 Å². The highest BCUT2D eigenvalue weighted by Gasteiger charge is 2.48. The number of hydrogen-bond acceptors (Lipinski definition) is 5. The maximum Gasteiger partial charge on any atom is 0.157 e. The summed E-state index contributed by atoms with van der Waals surface area (Å²) in [7, 11) is 0. The molecule has 1 saturated carbocycles. The molecule has 1 saturated heterocycles. The number of aliphatic hydroxyl groups is 1. The second kappa shape index (κ2) is 9.21. The first-order valence-electron chi connectivity index (χ1n) is 10.6. The quantitative estimate of drug-likeness (QED) is 0.421. The normalized spacial score (nSPS) is 31.5. The molecule has 2 fully saturated rings. The van der Waals surface area contributed by atoms with Gasteiger partial charge in [0.05, 0.1) is 6.10 Å². The summed E-state index contributed by atoms with van der Waals surface area (Å²) in [5.41, 5.74) is 2.40. The Morgan fingerprint density at radius 3 is 3.00 bits per heavy atom. The lowest BCUT2D eigenvalue weighted by atomic mass is 9.86. The molecule has 0 aromatic heterocycles. The predicted molar refractivity (Wildman–Crippen MR) is 105 cm³/mol. The third kappa shape index (κ3) is 4.17. The summed E-state index contributed by atoms with van der Waals surface area (Å²) in [6.07, 6.45) is 10.6. The second-order valence-electron chi connectivity index (χ2n) is 8.04. The Balaban J connectivity index is 1.33. The monoisotopic (exact) mass is 386 g/mol. The highest BCUT2D eigenvalue weighted by Crippen LogP contribution is 2.51. The highest BCUT2D eigenvalue weighted by molar-refractivity contribution is 5.65.